The summed E-state index contributed by atoms with van der Waals surface area (Å²) in [6.07, 6.45) is 9.39. The lowest BCUT2D eigenvalue weighted by atomic mass is 10.0. The molecule has 96 valence electrons. The molecule has 3 nitrogen and oxygen atoms in total. The Morgan fingerprint density at radius 1 is 1.41 bits per heavy atom. The van der Waals surface area contributed by atoms with E-state index in [0.717, 1.165) is 30.3 Å². The minimum absolute atomic E-state index is 0.784. The first-order valence-corrected chi connectivity index (χ1v) is 7.71. The minimum atomic E-state index is 0.784. The first-order valence-electron chi connectivity index (χ1n) is 6.59. The highest BCUT2D eigenvalue weighted by Crippen LogP contribution is 2.20. The molecule has 1 saturated heterocycles. The van der Waals surface area contributed by atoms with E-state index in [9.17, 15) is 0 Å². The van der Waals surface area contributed by atoms with Crippen LogP contribution < -0.4 is 0 Å². The zero-order valence-electron chi connectivity index (χ0n) is 10.6. The van der Waals surface area contributed by atoms with Crippen LogP contribution in [0.2, 0.25) is 0 Å². The van der Waals surface area contributed by atoms with Gasteiger partial charge in [-0.1, -0.05) is 22.4 Å². The monoisotopic (exact) mass is 299 g/mol. The van der Waals surface area contributed by atoms with Gasteiger partial charge in [-0.3, -0.25) is 4.90 Å². The van der Waals surface area contributed by atoms with Crippen LogP contribution in [0, 0.1) is 6.92 Å². The number of imidazole rings is 1. The summed E-state index contributed by atoms with van der Waals surface area (Å²) >= 11 is 3.57. The fourth-order valence-corrected chi connectivity index (χ4v) is 3.21. The molecule has 0 aromatic carbocycles. The number of hydrogen-bond acceptors (Lipinski definition) is 2. The molecule has 1 atom stereocenters. The van der Waals surface area contributed by atoms with E-state index in [2.05, 4.69) is 43.5 Å². The van der Waals surface area contributed by atoms with Crippen molar-refractivity contribution in [1.82, 2.24) is 14.5 Å². The van der Waals surface area contributed by atoms with Crippen LogP contribution in [0.4, 0.5) is 0 Å². The molecular formula is C13H22BrN3. The van der Waals surface area contributed by atoms with Crippen molar-refractivity contribution in [2.75, 3.05) is 18.4 Å². The van der Waals surface area contributed by atoms with E-state index < -0.39 is 0 Å². The molecule has 17 heavy (non-hydrogen) atoms. The molecule has 0 amide bonds. The summed E-state index contributed by atoms with van der Waals surface area (Å²) in [6, 6.07) is 0.784. The van der Waals surface area contributed by atoms with Gasteiger partial charge in [0.05, 0.1) is 0 Å². The van der Waals surface area contributed by atoms with Crippen molar-refractivity contribution in [1.29, 1.82) is 0 Å². The summed E-state index contributed by atoms with van der Waals surface area (Å²) in [7, 11) is 0. The lowest BCUT2D eigenvalue weighted by Gasteiger charge is -2.35. The van der Waals surface area contributed by atoms with Crippen LogP contribution in [0.1, 0.15) is 31.5 Å². The number of aromatic nitrogens is 2. The standard InChI is InChI=1S/C13H22BrN3/c1-12-15-7-9-16(12)10-11-17-8-3-2-4-13(17)5-6-14/h7,9,13H,2-6,8,10-11H2,1H3. The number of piperidine rings is 1. The average molecular weight is 300 g/mol. The predicted octanol–water partition coefficient (Wildman–Crippen LogP) is 2.83. The summed E-state index contributed by atoms with van der Waals surface area (Å²) in [6.45, 7) is 5.58. The van der Waals surface area contributed by atoms with Crippen molar-refractivity contribution >= 4 is 15.9 Å². The predicted molar refractivity (Wildman–Crippen MR) is 74.6 cm³/mol. The number of hydrogen-bond donors (Lipinski definition) is 0. The Hall–Kier alpha value is -0.350. The summed E-state index contributed by atoms with van der Waals surface area (Å²) < 4.78 is 2.25. The zero-order valence-corrected chi connectivity index (χ0v) is 12.2. The number of aryl methyl sites for hydroxylation is 1. The molecule has 2 rings (SSSR count). The van der Waals surface area contributed by atoms with Gasteiger partial charge in [-0.15, -0.1) is 0 Å². The minimum Gasteiger partial charge on any atom is -0.334 e. The van der Waals surface area contributed by atoms with Crippen LogP contribution >= 0.6 is 15.9 Å². The number of halogens is 1. The highest BCUT2D eigenvalue weighted by molar-refractivity contribution is 9.09. The molecule has 0 N–H and O–H groups in total. The number of likely N-dealkylation sites (tertiary alicyclic amines) is 1. The zero-order chi connectivity index (χ0) is 12.1. The van der Waals surface area contributed by atoms with Crippen molar-refractivity contribution in [3.05, 3.63) is 18.2 Å². The molecule has 1 aliphatic heterocycles. The van der Waals surface area contributed by atoms with Crippen LogP contribution in [-0.4, -0.2) is 38.9 Å². The van der Waals surface area contributed by atoms with E-state index in [1.807, 2.05) is 6.20 Å². The summed E-state index contributed by atoms with van der Waals surface area (Å²) in [5.41, 5.74) is 0. The molecule has 1 unspecified atom stereocenters. The second-order valence-corrected chi connectivity index (χ2v) is 5.62. The molecule has 0 aliphatic carbocycles. The Bertz CT molecular complexity index is 335. The molecule has 2 heterocycles. The van der Waals surface area contributed by atoms with Crippen LogP contribution in [0.15, 0.2) is 12.4 Å². The van der Waals surface area contributed by atoms with Gasteiger partial charge in [0, 0.05) is 36.9 Å². The quantitative estimate of drug-likeness (QED) is 0.780. The van der Waals surface area contributed by atoms with Crippen molar-refractivity contribution in [2.45, 2.75) is 45.2 Å². The van der Waals surface area contributed by atoms with E-state index >= 15 is 0 Å². The third-order valence-electron chi connectivity index (χ3n) is 3.74. The second kappa shape index (κ2) is 6.55. The molecule has 0 spiro atoms. The Kier molecular flexibility index (Phi) is 5.04. The summed E-state index contributed by atoms with van der Waals surface area (Å²) in [4.78, 5) is 6.93. The van der Waals surface area contributed by atoms with Gasteiger partial charge in [0.15, 0.2) is 0 Å². The van der Waals surface area contributed by atoms with Crippen LogP contribution in [-0.2, 0) is 6.54 Å². The molecule has 1 aromatic rings. The van der Waals surface area contributed by atoms with Crippen LogP contribution in [0.25, 0.3) is 0 Å². The van der Waals surface area contributed by atoms with Gasteiger partial charge in [-0.2, -0.15) is 0 Å². The van der Waals surface area contributed by atoms with Crippen LogP contribution in [0.5, 0.6) is 0 Å². The topological polar surface area (TPSA) is 21.1 Å². The third kappa shape index (κ3) is 3.55. The van der Waals surface area contributed by atoms with Gasteiger partial charge < -0.3 is 4.57 Å². The van der Waals surface area contributed by atoms with E-state index in [4.69, 9.17) is 0 Å². The number of alkyl halides is 1. The fraction of sp³-hybridized carbons (Fsp3) is 0.769. The second-order valence-electron chi connectivity index (χ2n) is 4.83. The third-order valence-corrected chi connectivity index (χ3v) is 4.20. The average Bonchev–Trinajstić information content (AvgIpc) is 2.74. The molecule has 0 bridgehead atoms. The van der Waals surface area contributed by atoms with Gasteiger partial charge in [0.25, 0.3) is 0 Å². The Morgan fingerprint density at radius 2 is 2.29 bits per heavy atom. The largest absolute Gasteiger partial charge is 0.334 e. The van der Waals surface area contributed by atoms with Crippen molar-refractivity contribution in [3.63, 3.8) is 0 Å². The summed E-state index contributed by atoms with van der Waals surface area (Å²) in [5.74, 6) is 1.12. The lowest BCUT2D eigenvalue weighted by Crippen LogP contribution is -2.41. The van der Waals surface area contributed by atoms with Gasteiger partial charge in [0.1, 0.15) is 5.82 Å². The van der Waals surface area contributed by atoms with E-state index in [-0.39, 0.29) is 0 Å². The SMILES string of the molecule is Cc1nccn1CCN1CCCCC1CCBr. The number of rotatable bonds is 5. The highest BCUT2D eigenvalue weighted by atomic mass is 79.9. The van der Waals surface area contributed by atoms with Crippen LogP contribution in [0.3, 0.4) is 0 Å². The molecular weight excluding hydrogens is 278 g/mol. The molecule has 4 heteroatoms. The molecule has 1 fully saturated rings. The molecule has 1 aliphatic rings. The maximum absolute atomic E-state index is 4.27. The first kappa shape index (κ1) is 13.1. The Morgan fingerprint density at radius 3 is 3.00 bits per heavy atom. The van der Waals surface area contributed by atoms with E-state index in [1.165, 1.54) is 32.2 Å². The normalized spacial score (nSPS) is 21.9. The lowest BCUT2D eigenvalue weighted by molar-refractivity contribution is 0.140. The Labute approximate surface area is 112 Å². The van der Waals surface area contributed by atoms with Gasteiger partial charge in [0.2, 0.25) is 0 Å². The van der Waals surface area contributed by atoms with Gasteiger partial charge >= 0.3 is 0 Å². The Balaban J connectivity index is 1.86. The van der Waals surface area contributed by atoms with Crippen molar-refractivity contribution in [3.8, 4) is 0 Å². The highest BCUT2D eigenvalue weighted by Gasteiger charge is 2.21. The van der Waals surface area contributed by atoms with Gasteiger partial charge in [-0.25, -0.2) is 4.98 Å². The first-order chi connectivity index (χ1) is 8.31. The molecule has 1 aromatic heterocycles. The summed E-state index contributed by atoms with van der Waals surface area (Å²) in [5, 5.41) is 1.12. The van der Waals surface area contributed by atoms with Crippen molar-refractivity contribution in [2.24, 2.45) is 0 Å². The van der Waals surface area contributed by atoms with E-state index in [0.29, 0.717) is 0 Å². The van der Waals surface area contributed by atoms with Crippen molar-refractivity contribution < 1.29 is 0 Å². The fourth-order valence-electron chi connectivity index (χ4n) is 2.68. The smallest absolute Gasteiger partial charge is 0.105 e. The molecule has 0 saturated carbocycles. The maximum Gasteiger partial charge on any atom is 0.105 e. The van der Waals surface area contributed by atoms with E-state index in [1.54, 1.807) is 0 Å². The molecule has 0 radical (unpaired) electrons. The van der Waals surface area contributed by atoms with Gasteiger partial charge in [-0.05, 0) is 32.7 Å². The maximum atomic E-state index is 4.27. The number of nitrogens with zero attached hydrogens (tertiary/aromatic N) is 3.